The van der Waals surface area contributed by atoms with Crippen LogP contribution in [0.25, 0.3) is 0 Å². The van der Waals surface area contributed by atoms with Gasteiger partial charge < -0.3 is 38.6 Å². The molecule has 11 nitrogen and oxygen atoms in total. The van der Waals surface area contributed by atoms with Crippen molar-refractivity contribution >= 4 is 23.0 Å². The Hall–Kier alpha value is -5.27. The SMILES string of the molecule is NCc1ccccc1OP1(Oc2ccccc2CN)=NP(Oc2ccccc2)(Oc2ccccc2)=NP(Oc2ccccc2)(Oc2ccccc2)=N1. The molecular formula is C38H36N5O6P3. The van der Waals surface area contributed by atoms with Gasteiger partial charge in [-0.15, -0.1) is 0 Å². The van der Waals surface area contributed by atoms with Gasteiger partial charge in [0, 0.05) is 24.2 Å². The van der Waals surface area contributed by atoms with E-state index in [1.807, 2.05) is 109 Å². The first-order chi connectivity index (χ1) is 25.5. The third-order valence-corrected chi connectivity index (χ3v) is 15.5. The molecular weight excluding hydrogens is 715 g/mol. The molecule has 0 radical (unpaired) electrons. The number of nitrogens with two attached hydrogens (primary N) is 2. The van der Waals surface area contributed by atoms with E-state index in [0.29, 0.717) is 45.6 Å². The van der Waals surface area contributed by atoms with E-state index >= 15 is 0 Å². The predicted octanol–water partition coefficient (Wildman–Crippen LogP) is 11.2. The highest BCUT2D eigenvalue weighted by molar-refractivity contribution is 7.79. The van der Waals surface area contributed by atoms with Crippen LogP contribution in [0.15, 0.2) is 183 Å². The van der Waals surface area contributed by atoms with E-state index in [1.54, 1.807) is 60.7 Å². The van der Waals surface area contributed by atoms with Crippen molar-refractivity contribution in [2.24, 2.45) is 25.0 Å². The summed E-state index contributed by atoms with van der Waals surface area (Å²) in [5, 5.41) is 0. The Morgan fingerprint density at radius 1 is 0.327 bits per heavy atom. The standard InChI is InChI=1S/C38H36N5O6P3/c39-29-31-17-13-15-27-37(31)48-52(49-38-28-16-14-18-32(38)30-40)42-50(44-33-19-5-1-6-20-33,45-34-21-7-2-8-22-34)41-51(43-52,46-35-23-9-3-10-24-35)47-36-25-11-4-12-26-36/h1-28H,29-30,39-40H2. The maximum absolute atomic E-state index is 6.94. The van der Waals surface area contributed by atoms with Gasteiger partial charge in [-0.2, -0.15) is 0 Å². The Morgan fingerprint density at radius 2 is 0.577 bits per heavy atom. The van der Waals surface area contributed by atoms with E-state index in [1.165, 1.54) is 0 Å². The fourth-order valence-corrected chi connectivity index (χ4v) is 14.2. The van der Waals surface area contributed by atoms with Gasteiger partial charge in [0.1, 0.15) is 34.5 Å². The first-order valence-corrected chi connectivity index (χ1v) is 20.9. The first kappa shape index (κ1) is 35.1. The molecule has 1 heterocycles. The molecule has 52 heavy (non-hydrogen) atoms. The molecule has 6 aromatic rings. The summed E-state index contributed by atoms with van der Waals surface area (Å²) in [7, 11) is -12.0. The molecule has 0 aliphatic carbocycles. The van der Waals surface area contributed by atoms with Crippen LogP contribution in [0.1, 0.15) is 11.1 Å². The molecule has 0 bridgehead atoms. The number of para-hydroxylation sites is 6. The van der Waals surface area contributed by atoms with Crippen LogP contribution in [0.5, 0.6) is 34.5 Å². The van der Waals surface area contributed by atoms with E-state index in [0.717, 1.165) is 0 Å². The summed E-state index contributed by atoms with van der Waals surface area (Å²) < 4.78 is 56.8. The minimum atomic E-state index is -4.06. The van der Waals surface area contributed by atoms with Crippen molar-refractivity contribution in [1.29, 1.82) is 0 Å². The highest BCUT2D eigenvalue weighted by Crippen LogP contribution is 2.78. The minimum Gasteiger partial charge on any atom is -0.413 e. The molecule has 0 saturated heterocycles. The Morgan fingerprint density at radius 3 is 0.865 bits per heavy atom. The third kappa shape index (κ3) is 8.43. The van der Waals surface area contributed by atoms with Crippen LogP contribution in [0.3, 0.4) is 0 Å². The molecule has 0 amide bonds. The maximum atomic E-state index is 6.94. The number of nitrogens with zero attached hydrogens (tertiary/aromatic N) is 3. The summed E-state index contributed by atoms with van der Waals surface area (Å²) in [6.45, 7) is 0.338. The van der Waals surface area contributed by atoms with Crippen LogP contribution < -0.4 is 38.6 Å². The van der Waals surface area contributed by atoms with E-state index in [4.69, 9.17) is 52.2 Å². The quantitative estimate of drug-likeness (QED) is 0.105. The summed E-state index contributed by atoms with van der Waals surface area (Å²) in [4.78, 5) is 0. The lowest BCUT2D eigenvalue weighted by atomic mass is 10.2. The second kappa shape index (κ2) is 16.0. The molecule has 0 fully saturated rings. The number of benzene rings is 6. The van der Waals surface area contributed by atoms with E-state index in [9.17, 15) is 0 Å². The molecule has 264 valence electrons. The maximum Gasteiger partial charge on any atom is 0.460 e. The van der Waals surface area contributed by atoms with Gasteiger partial charge in [0.15, 0.2) is 0 Å². The molecule has 0 atom stereocenters. The fourth-order valence-electron chi connectivity index (χ4n) is 5.01. The van der Waals surface area contributed by atoms with Crippen LogP contribution in [-0.4, -0.2) is 0 Å². The Labute approximate surface area is 302 Å². The van der Waals surface area contributed by atoms with Crippen LogP contribution in [0, 0.1) is 0 Å². The van der Waals surface area contributed by atoms with Gasteiger partial charge in [-0.1, -0.05) is 123 Å². The van der Waals surface area contributed by atoms with Gasteiger partial charge >= 0.3 is 23.0 Å². The fraction of sp³-hybridized carbons (Fsp3) is 0.0526. The molecule has 0 saturated carbocycles. The molecule has 6 aromatic carbocycles. The van der Waals surface area contributed by atoms with Crippen molar-refractivity contribution in [2.45, 2.75) is 13.1 Å². The zero-order valence-electron chi connectivity index (χ0n) is 27.9. The Bertz CT molecular complexity index is 2050. The highest BCUT2D eigenvalue weighted by atomic mass is 31.3. The van der Waals surface area contributed by atoms with Gasteiger partial charge in [-0.3, -0.25) is 0 Å². The van der Waals surface area contributed by atoms with Crippen LogP contribution in [-0.2, 0) is 13.1 Å². The smallest absolute Gasteiger partial charge is 0.413 e. The average molecular weight is 752 g/mol. The summed E-state index contributed by atoms with van der Waals surface area (Å²) in [6, 6.07) is 51.3. The van der Waals surface area contributed by atoms with Gasteiger partial charge in [0.05, 0.1) is 0 Å². The van der Waals surface area contributed by atoms with Gasteiger partial charge in [0.2, 0.25) is 0 Å². The molecule has 0 aromatic heterocycles. The molecule has 14 heteroatoms. The highest BCUT2D eigenvalue weighted by Gasteiger charge is 2.49. The van der Waals surface area contributed by atoms with Gasteiger partial charge in [0.25, 0.3) is 0 Å². The van der Waals surface area contributed by atoms with Gasteiger partial charge in [-0.25, -0.2) is 0 Å². The largest absolute Gasteiger partial charge is 0.460 e. The lowest BCUT2D eigenvalue weighted by molar-refractivity contribution is 0.441. The van der Waals surface area contributed by atoms with Crippen LogP contribution in [0.2, 0.25) is 0 Å². The second-order valence-electron chi connectivity index (χ2n) is 11.2. The zero-order chi connectivity index (χ0) is 35.7. The summed E-state index contributed by atoms with van der Waals surface area (Å²) in [6.07, 6.45) is 0. The van der Waals surface area contributed by atoms with E-state index < -0.39 is 23.0 Å². The normalized spacial score (nSPS) is 15.0. The van der Waals surface area contributed by atoms with Crippen molar-refractivity contribution in [3.05, 3.63) is 181 Å². The first-order valence-electron chi connectivity index (χ1n) is 16.3. The average Bonchev–Trinajstić information content (AvgIpc) is 3.16. The van der Waals surface area contributed by atoms with Crippen molar-refractivity contribution < 1.29 is 27.1 Å². The summed E-state index contributed by atoms with van der Waals surface area (Å²) in [5.74, 6) is 2.52. The van der Waals surface area contributed by atoms with E-state index in [-0.39, 0.29) is 13.1 Å². The van der Waals surface area contributed by atoms with Crippen molar-refractivity contribution in [2.75, 3.05) is 0 Å². The molecule has 0 spiro atoms. The van der Waals surface area contributed by atoms with Gasteiger partial charge in [-0.05, 0) is 60.7 Å². The van der Waals surface area contributed by atoms with Crippen molar-refractivity contribution in [3.63, 3.8) is 0 Å². The molecule has 0 unspecified atom stereocenters. The summed E-state index contributed by atoms with van der Waals surface area (Å²) in [5.41, 5.74) is 13.8. The molecule has 1 aliphatic rings. The third-order valence-electron chi connectivity index (χ3n) is 7.37. The topological polar surface area (TPSA) is 144 Å². The summed E-state index contributed by atoms with van der Waals surface area (Å²) >= 11 is 0. The van der Waals surface area contributed by atoms with Crippen molar-refractivity contribution in [3.8, 4) is 34.5 Å². The number of rotatable bonds is 14. The predicted molar refractivity (Wildman–Crippen MR) is 206 cm³/mol. The Balaban J connectivity index is 1.59. The molecule has 4 N–H and O–H groups in total. The molecule has 7 rings (SSSR count). The monoisotopic (exact) mass is 751 g/mol. The van der Waals surface area contributed by atoms with Crippen LogP contribution in [0.4, 0.5) is 0 Å². The molecule has 1 aliphatic heterocycles. The van der Waals surface area contributed by atoms with E-state index in [2.05, 4.69) is 0 Å². The number of hydrogen-bond acceptors (Lipinski definition) is 11. The number of hydrogen-bond donors (Lipinski definition) is 2. The second-order valence-corrected chi connectivity index (χ2v) is 17.3. The zero-order valence-corrected chi connectivity index (χ0v) is 30.6. The van der Waals surface area contributed by atoms with Crippen molar-refractivity contribution in [1.82, 2.24) is 0 Å². The lowest BCUT2D eigenvalue weighted by Gasteiger charge is -2.33. The minimum absolute atomic E-state index is 0.169. The lowest BCUT2D eigenvalue weighted by Crippen LogP contribution is -2.12. The van der Waals surface area contributed by atoms with Crippen LogP contribution >= 0.6 is 23.0 Å². The Kier molecular flexibility index (Phi) is 10.8.